The first kappa shape index (κ1) is 17.1. The van der Waals surface area contributed by atoms with Crippen LogP contribution in [0.15, 0.2) is 0 Å². The summed E-state index contributed by atoms with van der Waals surface area (Å²) < 4.78 is 4.51. The summed E-state index contributed by atoms with van der Waals surface area (Å²) in [4.78, 5) is 35.6. The summed E-state index contributed by atoms with van der Waals surface area (Å²) in [6, 6.07) is -0.855. The van der Waals surface area contributed by atoms with Crippen LogP contribution in [0.3, 0.4) is 0 Å². The van der Waals surface area contributed by atoms with E-state index < -0.39 is 18.1 Å². The monoisotopic (exact) mass is 301 g/mol. The van der Waals surface area contributed by atoms with Gasteiger partial charge in [-0.15, -0.1) is 0 Å². The van der Waals surface area contributed by atoms with E-state index in [0.717, 1.165) is 0 Å². The number of carbonyl (C=O) groups excluding carboxylic acids is 2. The van der Waals surface area contributed by atoms with Crippen LogP contribution in [0.2, 0.25) is 0 Å². The van der Waals surface area contributed by atoms with Crippen molar-refractivity contribution in [3.8, 4) is 0 Å². The second-order valence-corrected chi connectivity index (χ2v) is 5.47. The van der Waals surface area contributed by atoms with E-state index in [4.69, 9.17) is 5.11 Å². The van der Waals surface area contributed by atoms with Crippen molar-refractivity contribution in [2.45, 2.75) is 38.8 Å². The molecular formula is C13H23N3O5. The number of hydrogen-bond acceptors (Lipinski definition) is 4. The van der Waals surface area contributed by atoms with Crippen LogP contribution < -0.4 is 10.6 Å². The van der Waals surface area contributed by atoms with Gasteiger partial charge < -0.3 is 25.4 Å². The molecule has 120 valence electrons. The molecule has 21 heavy (non-hydrogen) atoms. The molecule has 3 N–H and O–H groups in total. The average Bonchev–Trinajstić information content (AvgIpc) is 2.85. The molecule has 0 spiro atoms. The fraction of sp³-hybridized carbons (Fsp3) is 0.769. The Morgan fingerprint density at radius 2 is 2.05 bits per heavy atom. The number of hydrogen-bond donors (Lipinski definition) is 3. The maximum absolute atomic E-state index is 12.1. The smallest absolute Gasteiger partial charge is 0.407 e. The zero-order chi connectivity index (χ0) is 16.0. The molecule has 1 heterocycles. The number of carbonyl (C=O) groups is 3. The van der Waals surface area contributed by atoms with Crippen molar-refractivity contribution in [1.29, 1.82) is 0 Å². The van der Waals surface area contributed by atoms with Gasteiger partial charge in [0, 0.05) is 19.1 Å². The van der Waals surface area contributed by atoms with E-state index >= 15 is 0 Å². The lowest BCUT2D eigenvalue weighted by Crippen LogP contribution is -2.47. The van der Waals surface area contributed by atoms with Gasteiger partial charge in [-0.2, -0.15) is 0 Å². The Balaban J connectivity index is 2.48. The van der Waals surface area contributed by atoms with Crippen LogP contribution in [-0.2, 0) is 9.53 Å². The summed E-state index contributed by atoms with van der Waals surface area (Å²) >= 11 is 0. The van der Waals surface area contributed by atoms with E-state index in [1.807, 2.05) is 13.8 Å². The number of likely N-dealkylation sites (tertiary alicyclic amines) is 1. The van der Waals surface area contributed by atoms with Gasteiger partial charge in [0.2, 0.25) is 0 Å². The van der Waals surface area contributed by atoms with E-state index in [1.165, 1.54) is 7.11 Å². The van der Waals surface area contributed by atoms with Crippen molar-refractivity contribution >= 4 is 18.1 Å². The molecule has 0 aromatic rings. The summed E-state index contributed by atoms with van der Waals surface area (Å²) in [5.74, 6) is -0.919. The highest BCUT2D eigenvalue weighted by Gasteiger charge is 2.29. The van der Waals surface area contributed by atoms with E-state index in [2.05, 4.69) is 15.4 Å². The molecule has 1 fully saturated rings. The molecule has 8 nitrogen and oxygen atoms in total. The van der Waals surface area contributed by atoms with Gasteiger partial charge in [-0.3, -0.25) is 4.79 Å². The summed E-state index contributed by atoms with van der Waals surface area (Å²) in [6.07, 6.45) is 0.0164. The molecular weight excluding hydrogens is 278 g/mol. The van der Waals surface area contributed by atoms with Crippen LogP contribution in [0.1, 0.15) is 26.7 Å². The molecule has 1 aliphatic heterocycles. The van der Waals surface area contributed by atoms with Gasteiger partial charge >= 0.3 is 18.1 Å². The van der Waals surface area contributed by atoms with Crippen LogP contribution in [0.4, 0.5) is 9.59 Å². The molecule has 1 saturated heterocycles. The van der Waals surface area contributed by atoms with Gasteiger partial charge in [-0.05, 0) is 12.3 Å². The minimum atomic E-state index is -0.944. The van der Waals surface area contributed by atoms with Crippen LogP contribution in [0.25, 0.3) is 0 Å². The van der Waals surface area contributed by atoms with Gasteiger partial charge in [0.1, 0.15) is 0 Å². The van der Waals surface area contributed by atoms with Crippen LogP contribution >= 0.6 is 0 Å². The number of nitrogens with one attached hydrogen (secondary N) is 2. The highest BCUT2D eigenvalue weighted by molar-refractivity contribution is 5.76. The number of ether oxygens (including phenoxy) is 1. The predicted octanol–water partition coefficient (Wildman–Crippen LogP) is 0.626. The number of rotatable bonds is 5. The third kappa shape index (κ3) is 5.49. The molecule has 0 radical (unpaired) electrons. The number of amides is 3. The summed E-state index contributed by atoms with van der Waals surface area (Å²) in [6.45, 7) is 4.62. The number of alkyl carbamates (subject to hydrolysis) is 1. The van der Waals surface area contributed by atoms with Gasteiger partial charge in [0.05, 0.1) is 19.6 Å². The largest absolute Gasteiger partial charge is 0.481 e. The first-order valence-corrected chi connectivity index (χ1v) is 6.95. The minimum Gasteiger partial charge on any atom is -0.481 e. The second kappa shape index (κ2) is 7.70. The molecule has 0 aromatic heterocycles. The van der Waals surface area contributed by atoms with E-state index in [-0.39, 0.29) is 24.4 Å². The fourth-order valence-electron chi connectivity index (χ4n) is 2.18. The van der Waals surface area contributed by atoms with Crippen molar-refractivity contribution in [2.75, 3.05) is 20.2 Å². The Morgan fingerprint density at radius 1 is 1.38 bits per heavy atom. The molecule has 0 saturated carbocycles. The molecule has 3 amide bonds. The number of carboxylic acids is 1. The normalized spacial score (nSPS) is 19.2. The first-order valence-electron chi connectivity index (χ1n) is 6.95. The number of methoxy groups -OCH3 is 1. The average molecular weight is 301 g/mol. The topological polar surface area (TPSA) is 108 Å². The zero-order valence-corrected chi connectivity index (χ0v) is 12.6. The van der Waals surface area contributed by atoms with E-state index in [9.17, 15) is 14.4 Å². The highest BCUT2D eigenvalue weighted by Crippen LogP contribution is 2.12. The molecule has 8 heteroatoms. The quantitative estimate of drug-likeness (QED) is 0.690. The molecule has 0 bridgehead atoms. The lowest BCUT2D eigenvalue weighted by molar-refractivity contribution is -0.137. The summed E-state index contributed by atoms with van der Waals surface area (Å²) in [5, 5.41) is 14.2. The Morgan fingerprint density at radius 3 is 2.57 bits per heavy atom. The molecule has 2 unspecified atom stereocenters. The number of aliphatic carboxylic acids is 1. The van der Waals surface area contributed by atoms with Crippen molar-refractivity contribution in [3.05, 3.63) is 0 Å². The van der Waals surface area contributed by atoms with Crippen LogP contribution in [0, 0.1) is 5.92 Å². The number of nitrogens with zero attached hydrogens (tertiary/aromatic N) is 1. The molecule has 0 aliphatic carbocycles. The molecule has 1 rings (SSSR count). The van der Waals surface area contributed by atoms with Crippen LogP contribution in [0.5, 0.6) is 0 Å². The maximum atomic E-state index is 12.1. The number of carboxylic acid groups (broad SMARTS) is 1. The predicted molar refractivity (Wildman–Crippen MR) is 74.9 cm³/mol. The first-order chi connectivity index (χ1) is 9.83. The molecule has 0 aromatic carbocycles. The molecule has 2 atom stereocenters. The summed E-state index contributed by atoms with van der Waals surface area (Å²) in [7, 11) is 1.29. The van der Waals surface area contributed by atoms with E-state index in [0.29, 0.717) is 19.5 Å². The maximum Gasteiger partial charge on any atom is 0.407 e. The second-order valence-electron chi connectivity index (χ2n) is 5.47. The third-order valence-corrected chi connectivity index (χ3v) is 3.49. The SMILES string of the molecule is COC(=O)NC1CCN(C(=O)NC(CC(=O)O)C(C)C)C1. The lowest BCUT2D eigenvalue weighted by atomic mass is 10.0. The third-order valence-electron chi connectivity index (χ3n) is 3.49. The standard InChI is InChI=1S/C13H23N3O5/c1-8(2)10(6-11(17)18)15-12(19)16-5-4-9(7-16)14-13(20)21-3/h8-10H,4-7H2,1-3H3,(H,14,20)(H,15,19)(H,17,18). The van der Waals surface area contributed by atoms with Gasteiger partial charge in [0.25, 0.3) is 0 Å². The van der Waals surface area contributed by atoms with E-state index in [1.54, 1.807) is 4.90 Å². The van der Waals surface area contributed by atoms with Crippen LogP contribution in [-0.4, -0.2) is 60.4 Å². The Bertz CT molecular complexity index is 399. The van der Waals surface area contributed by atoms with Gasteiger partial charge in [-0.25, -0.2) is 9.59 Å². The van der Waals surface area contributed by atoms with Gasteiger partial charge in [0.15, 0.2) is 0 Å². The van der Waals surface area contributed by atoms with Crippen molar-refractivity contribution in [2.24, 2.45) is 5.92 Å². The lowest BCUT2D eigenvalue weighted by Gasteiger charge is -2.25. The number of urea groups is 1. The van der Waals surface area contributed by atoms with Crippen molar-refractivity contribution in [1.82, 2.24) is 15.5 Å². The van der Waals surface area contributed by atoms with Gasteiger partial charge in [-0.1, -0.05) is 13.8 Å². The molecule has 1 aliphatic rings. The van der Waals surface area contributed by atoms with Crippen molar-refractivity contribution in [3.63, 3.8) is 0 Å². The van der Waals surface area contributed by atoms with Crippen molar-refractivity contribution < 1.29 is 24.2 Å². The summed E-state index contributed by atoms with van der Waals surface area (Å²) in [5.41, 5.74) is 0. The zero-order valence-electron chi connectivity index (χ0n) is 12.6. The fourth-order valence-corrected chi connectivity index (χ4v) is 2.18. The minimum absolute atomic E-state index is 0.0247. The highest BCUT2D eigenvalue weighted by atomic mass is 16.5. The Kier molecular flexibility index (Phi) is 6.26. The Labute approximate surface area is 123 Å². The Hall–Kier alpha value is -1.99.